The Morgan fingerprint density at radius 1 is 1.11 bits per heavy atom. The fourth-order valence-electron chi connectivity index (χ4n) is 1.94. The first-order valence-corrected chi connectivity index (χ1v) is 5.99. The highest BCUT2D eigenvalue weighted by atomic mass is 16.1. The Balaban J connectivity index is 2.48. The number of nitrogen functional groups attached to an aromatic ring is 1. The minimum absolute atomic E-state index is 0.456. The van der Waals surface area contributed by atoms with Gasteiger partial charge in [0.15, 0.2) is 0 Å². The molecule has 2 rings (SSSR count). The lowest BCUT2D eigenvalue weighted by molar-refractivity contribution is 0.100. The van der Waals surface area contributed by atoms with Gasteiger partial charge in [-0.05, 0) is 37.3 Å². The Kier molecular flexibility index (Phi) is 3.42. The van der Waals surface area contributed by atoms with Crippen LogP contribution >= 0.6 is 0 Å². The number of nitrogens with two attached hydrogens (primary N) is 2. The second-order valence-electron chi connectivity index (χ2n) is 4.54. The van der Waals surface area contributed by atoms with Crippen molar-refractivity contribution >= 4 is 23.0 Å². The number of hydrogen-bond acceptors (Lipinski definition) is 3. The van der Waals surface area contributed by atoms with Gasteiger partial charge in [0, 0.05) is 18.4 Å². The fraction of sp³-hybridized carbons (Fsp3) is 0.133. The van der Waals surface area contributed by atoms with Crippen LogP contribution in [-0.4, -0.2) is 13.0 Å². The molecule has 0 aromatic heterocycles. The number of amides is 1. The fourth-order valence-corrected chi connectivity index (χ4v) is 1.94. The summed E-state index contributed by atoms with van der Waals surface area (Å²) in [6.07, 6.45) is 0. The molecule has 0 saturated heterocycles. The standard InChI is InChI=1S/C15H17N3O/c1-10-3-6-12(7-4-10)18(2)14-9-11(16)5-8-13(14)15(17)19/h3-9H,16H2,1-2H3,(H2,17,19). The van der Waals surface area contributed by atoms with E-state index in [9.17, 15) is 4.79 Å². The molecule has 0 spiro atoms. The molecule has 4 N–H and O–H groups in total. The maximum absolute atomic E-state index is 11.5. The molecule has 98 valence electrons. The molecule has 0 saturated carbocycles. The molecule has 0 heterocycles. The smallest absolute Gasteiger partial charge is 0.250 e. The summed E-state index contributed by atoms with van der Waals surface area (Å²) in [5.41, 5.74) is 15.1. The van der Waals surface area contributed by atoms with Gasteiger partial charge in [-0.15, -0.1) is 0 Å². The van der Waals surface area contributed by atoms with Gasteiger partial charge in [-0.25, -0.2) is 0 Å². The van der Waals surface area contributed by atoms with Gasteiger partial charge in [0.1, 0.15) is 0 Å². The quantitative estimate of drug-likeness (QED) is 0.827. The monoisotopic (exact) mass is 255 g/mol. The maximum atomic E-state index is 11.5. The second kappa shape index (κ2) is 5.02. The molecule has 0 fully saturated rings. The third-order valence-electron chi connectivity index (χ3n) is 3.07. The van der Waals surface area contributed by atoms with E-state index in [1.165, 1.54) is 5.56 Å². The summed E-state index contributed by atoms with van der Waals surface area (Å²) in [6.45, 7) is 2.03. The molecule has 19 heavy (non-hydrogen) atoms. The molecule has 2 aromatic rings. The Labute approximate surface area is 112 Å². The van der Waals surface area contributed by atoms with E-state index in [-0.39, 0.29) is 0 Å². The van der Waals surface area contributed by atoms with Crippen LogP contribution in [0.3, 0.4) is 0 Å². The normalized spacial score (nSPS) is 10.2. The lowest BCUT2D eigenvalue weighted by atomic mass is 10.1. The van der Waals surface area contributed by atoms with Crippen molar-refractivity contribution in [3.05, 3.63) is 53.6 Å². The number of carbonyl (C=O) groups is 1. The van der Waals surface area contributed by atoms with E-state index in [0.717, 1.165) is 5.69 Å². The zero-order chi connectivity index (χ0) is 14.0. The van der Waals surface area contributed by atoms with Gasteiger partial charge < -0.3 is 16.4 Å². The molecule has 0 radical (unpaired) electrons. The highest BCUT2D eigenvalue weighted by Gasteiger charge is 2.13. The molecule has 4 nitrogen and oxygen atoms in total. The molecule has 2 aromatic carbocycles. The molecule has 0 aliphatic heterocycles. The van der Waals surface area contributed by atoms with Crippen molar-refractivity contribution in [1.82, 2.24) is 0 Å². The summed E-state index contributed by atoms with van der Waals surface area (Å²) in [6, 6.07) is 13.1. The van der Waals surface area contributed by atoms with Crippen LogP contribution in [0, 0.1) is 6.92 Å². The second-order valence-corrected chi connectivity index (χ2v) is 4.54. The van der Waals surface area contributed by atoms with Gasteiger partial charge in [-0.1, -0.05) is 17.7 Å². The van der Waals surface area contributed by atoms with E-state index >= 15 is 0 Å². The first kappa shape index (κ1) is 13.0. The Hall–Kier alpha value is -2.49. The van der Waals surface area contributed by atoms with Crippen molar-refractivity contribution in [3.63, 3.8) is 0 Å². The summed E-state index contributed by atoms with van der Waals surface area (Å²) >= 11 is 0. The summed E-state index contributed by atoms with van der Waals surface area (Å²) in [4.78, 5) is 13.4. The molecular formula is C15H17N3O. The van der Waals surface area contributed by atoms with E-state index in [0.29, 0.717) is 16.9 Å². The summed E-state index contributed by atoms with van der Waals surface area (Å²) in [5.74, 6) is -0.464. The van der Waals surface area contributed by atoms with Crippen LogP contribution in [0.1, 0.15) is 15.9 Å². The SMILES string of the molecule is Cc1ccc(N(C)c2cc(N)ccc2C(N)=O)cc1. The molecule has 4 heteroatoms. The van der Waals surface area contributed by atoms with Crippen molar-refractivity contribution in [3.8, 4) is 0 Å². The molecule has 0 aliphatic rings. The maximum Gasteiger partial charge on any atom is 0.250 e. The van der Waals surface area contributed by atoms with Crippen LogP contribution in [0.2, 0.25) is 0 Å². The number of rotatable bonds is 3. The van der Waals surface area contributed by atoms with E-state index in [1.807, 2.05) is 43.1 Å². The van der Waals surface area contributed by atoms with Crippen molar-refractivity contribution in [2.75, 3.05) is 17.7 Å². The number of nitrogens with zero attached hydrogens (tertiary/aromatic N) is 1. The van der Waals surface area contributed by atoms with Gasteiger partial charge in [0.05, 0.1) is 11.3 Å². The van der Waals surface area contributed by atoms with E-state index in [2.05, 4.69) is 0 Å². The molecule has 0 aliphatic carbocycles. The summed E-state index contributed by atoms with van der Waals surface area (Å²) in [7, 11) is 1.88. The molecule has 0 atom stereocenters. The van der Waals surface area contributed by atoms with E-state index < -0.39 is 5.91 Å². The Morgan fingerprint density at radius 2 is 1.74 bits per heavy atom. The Bertz CT molecular complexity index is 605. The van der Waals surface area contributed by atoms with Crippen LogP contribution in [0.4, 0.5) is 17.1 Å². The van der Waals surface area contributed by atoms with E-state index in [4.69, 9.17) is 11.5 Å². The first-order chi connectivity index (χ1) is 8.99. The summed E-state index contributed by atoms with van der Waals surface area (Å²) < 4.78 is 0. The number of primary amides is 1. The molecule has 0 bridgehead atoms. The van der Waals surface area contributed by atoms with Crippen LogP contribution in [0.5, 0.6) is 0 Å². The zero-order valence-corrected chi connectivity index (χ0v) is 11.1. The van der Waals surface area contributed by atoms with Crippen LogP contribution in [-0.2, 0) is 0 Å². The van der Waals surface area contributed by atoms with Crippen molar-refractivity contribution < 1.29 is 4.79 Å². The van der Waals surface area contributed by atoms with Gasteiger partial charge >= 0.3 is 0 Å². The Morgan fingerprint density at radius 3 is 2.32 bits per heavy atom. The molecule has 1 amide bonds. The summed E-state index contributed by atoms with van der Waals surface area (Å²) in [5, 5.41) is 0. The van der Waals surface area contributed by atoms with Crippen molar-refractivity contribution in [2.24, 2.45) is 5.73 Å². The number of hydrogen-bond donors (Lipinski definition) is 2. The minimum atomic E-state index is -0.464. The predicted octanol–water partition coefficient (Wildman–Crippen LogP) is 2.44. The van der Waals surface area contributed by atoms with Gasteiger partial charge in [0.2, 0.25) is 0 Å². The van der Waals surface area contributed by atoms with Gasteiger partial charge in [-0.3, -0.25) is 4.79 Å². The van der Waals surface area contributed by atoms with Crippen LogP contribution in [0.25, 0.3) is 0 Å². The van der Waals surface area contributed by atoms with Crippen molar-refractivity contribution in [2.45, 2.75) is 6.92 Å². The number of benzene rings is 2. The zero-order valence-electron chi connectivity index (χ0n) is 11.1. The first-order valence-electron chi connectivity index (χ1n) is 5.99. The van der Waals surface area contributed by atoms with Crippen molar-refractivity contribution in [1.29, 1.82) is 0 Å². The average Bonchev–Trinajstić information content (AvgIpc) is 2.38. The number of aryl methyl sites for hydroxylation is 1. The van der Waals surface area contributed by atoms with Crippen LogP contribution < -0.4 is 16.4 Å². The predicted molar refractivity (Wildman–Crippen MR) is 78.6 cm³/mol. The minimum Gasteiger partial charge on any atom is -0.399 e. The van der Waals surface area contributed by atoms with Crippen LogP contribution in [0.15, 0.2) is 42.5 Å². The molecular weight excluding hydrogens is 238 g/mol. The topological polar surface area (TPSA) is 72.3 Å². The number of carbonyl (C=O) groups excluding carboxylic acids is 1. The number of anilines is 3. The van der Waals surface area contributed by atoms with E-state index in [1.54, 1.807) is 18.2 Å². The van der Waals surface area contributed by atoms with Gasteiger partial charge in [-0.2, -0.15) is 0 Å². The lowest BCUT2D eigenvalue weighted by Crippen LogP contribution is -2.18. The molecule has 0 unspecified atom stereocenters. The third kappa shape index (κ3) is 2.68. The lowest BCUT2D eigenvalue weighted by Gasteiger charge is -2.22. The highest BCUT2D eigenvalue weighted by Crippen LogP contribution is 2.28. The van der Waals surface area contributed by atoms with Gasteiger partial charge in [0.25, 0.3) is 5.91 Å². The average molecular weight is 255 g/mol. The third-order valence-corrected chi connectivity index (χ3v) is 3.07. The largest absolute Gasteiger partial charge is 0.399 e. The highest BCUT2D eigenvalue weighted by molar-refractivity contribution is 6.00.